The minimum Gasteiger partial charge on any atom is -0.457 e. The van der Waals surface area contributed by atoms with Crippen molar-refractivity contribution >= 4 is 56.7 Å². The maximum Gasteiger partial charge on any atom is 0.220 e. The number of aromatic nitrogens is 7. The SMILES string of the molecule is [2H]C([2H])(c1ncon1)C1(C([2H])([2H])c2ncon2)c2ccccc2Oc2c1cccc2[Si](c1ccccc1)(c1ccccc1)c1cccc(-n2c3ccccc3n3c4ccccc4nc23)c1. The lowest BCUT2D eigenvalue weighted by Crippen LogP contribution is -2.75. The van der Waals surface area contributed by atoms with Crippen LogP contribution in [0.2, 0.25) is 0 Å². The van der Waals surface area contributed by atoms with E-state index in [1.165, 1.54) is 0 Å². The average Bonchev–Trinajstić information content (AvgIpc) is 4.19. The van der Waals surface area contributed by atoms with E-state index < -0.39 is 26.2 Å². The molecule has 0 radical (unpaired) electrons. The van der Waals surface area contributed by atoms with Crippen LogP contribution in [0.4, 0.5) is 0 Å². The topological polar surface area (TPSA) is 109 Å². The minimum absolute atomic E-state index is 0.207. The molecule has 11 heteroatoms. The van der Waals surface area contributed by atoms with Crippen molar-refractivity contribution in [2.45, 2.75) is 18.2 Å². The van der Waals surface area contributed by atoms with Crippen LogP contribution in [0.3, 0.4) is 0 Å². The Morgan fingerprint density at radius 3 is 1.85 bits per heavy atom. The van der Waals surface area contributed by atoms with Gasteiger partial charge in [0.2, 0.25) is 18.6 Å². The van der Waals surface area contributed by atoms with E-state index >= 15 is 0 Å². The summed E-state index contributed by atoms with van der Waals surface area (Å²) in [5.74, 6) is 0.585. The Balaban J connectivity index is 1.22. The highest BCUT2D eigenvalue weighted by Gasteiger charge is 2.50. The summed E-state index contributed by atoms with van der Waals surface area (Å²) in [4.78, 5) is 13.6. The second-order valence-corrected chi connectivity index (χ2v) is 18.7. The van der Waals surface area contributed by atoms with E-state index in [0.717, 1.165) is 67.1 Å². The zero-order chi connectivity index (χ0) is 44.0. The van der Waals surface area contributed by atoms with Gasteiger partial charge in [-0.25, -0.2) is 4.98 Å². The second-order valence-electron chi connectivity index (χ2n) is 14.9. The third-order valence-electron chi connectivity index (χ3n) is 11.7. The molecule has 7 aromatic carbocycles. The maximum absolute atomic E-state index is 10.1. The summed E-state index contributed by atoms with van der Waals surface area (Å²) < 4.78 is 62.5. The van der Waals surface area contributed by atoms with E-state index in [9.17, 15) is 5.48 Å². The van der Waals surface area contributed by atoms with Crippen molar-refractivity contribution < 1.29 is 19.3 Å². The van der Waals surface area contributed by atoms with Crippen molar-refractivity contribution in [1.29, 1.82) is 0 Å². The van der Waals surface area contributed by atoms with Crippen LogP contribution in [0.25, 0.3) is 33.5 Å². The van der Waals surface area contributed by atoms with E-state index in [2.05, 4.69) is 96.0 Å². The van der Waals surface area contributed by atoms with E-state index in [4.69, 9.17) is 18.8 Å². The molecule has 61 heavy (non-hydrogen) atoms. The van der Waals surface area contributed by atoms with Crippen molar-refractivity contribution in [1.82, 2.24) is 34.2 Å². The first-order valence-corrected chi connectivity index (χ1v) is 21.8. The van der Waals surface area contributed by atoms with Crippen LogP contribution >= 0.6 is 0 Å². The monoisotopic (exact) mass is 813 g/mol. The zero-order valence-corrected chi connectivity index (χ0v) is 33.3. The Morgan fingerprint density at radius 1 is 0.557 bits per heavy atom. The summed E-state index contributed by atoms with van der Waals surface area (Å²) in [6.07, 6.45) is -3.38. The van der Waals surface area contributed by atoms with Crippen LogP contribution in [0.15, 0.2) is 198 Å². The predicted molar refractivity (Wildman–Crippen MR) is 236 cm³/mol. The summed E-state index contributed by atoms with van der Waals surface area (Å²) >= 11 is 0. The molecule has 5 heterocycles. The first-order valence-electron chi connectivity index (χ1n) is 21.8. The molecule has 10 nitrogen and oxygen atoms in total. The van der Waals surface area contributed by atoms with E-state index in [-0.39, 0.29) is 28.5 Å². The summed E-state index contributed by atoms with van der Waals surface area (Å²) in [7, 11) is -3.63. The van der Waals surface area contributed by atoms with Crippen LogP contribution in [0, 0.1) is 0 Å². The third kappa shape index (κ3) is 5.30. The smallest absolute Gasteiger partial charge is 0.220 e. The lowest BCUT2D eigenvalue weighted by Gasteiger charge is -2.43. The quantitative estimate of drug-likeness (QED) is 0.109. The van der Waals surface area contributed by atoms with E-state index in [0.29, 0.717) is 5.75 Å². The normalized spacial score (nSPS) is 14.8. The Bertz CT molecular complexity index is 3480. The molecule has 1 aliphatic rings. The van der Waals surface area contributed by atoms with Gasteiger partial charge in [0.15, 0.2) is 19.7 Å². The fourth-order valence-corrected chi connectivity index (χ4v) is 14.2. The highest BCUT2D eigenvalue weighted by molar-refractivity contribution is 7.20. The number of rotatable bonds is 9. The van der Waals surface area contributed by atoms with E-state index in [1.54, 1.807) is 30.3 Å². The number of nitrogens with zero attached hydrogens (tertiary/aromatic N) is 7. The van der Waals surface area contributed by atoms with Gasteiger partial charge in [0, 0.05) is 40.5 Å². The Hall–Kier alpha value is -7.89. The molecule has 0 spiro atoms. The van der Waals surface area contributed by atoms with Crippen LogP contribution in [0.5, 0.6) is 11.5 Å². The molecule has 11 aromatic rings. The van der Waals surface area contributed by atoms with Crippen LogP contribution in [-0.2, 0) is 18.2 Å². The van der Waals surface area contributed by atoms with Crippen molar-refractivity contribution in [2.75, 3.05) is 0 Å². The Labute approximate surface area is 356 Å². The molecule has 292 valence electrons. The largest absolute Gasteiger partial charge is 0.457 e. The van der Waals surface area contributed by atoms with Crippen molar-refractivity contribution in [3.05, 3.63) is 211 Å². The molecular weight excluding hydrogens is 775 g/mol. The summed E-state index contributed by atoms with van der Waals surface area (Å²) in [5.41, 5.74) is 2.89. The second kappa shape index (κ2) is 13.9. The van der Waals surface area contributed by atoms with Gasteiger partial charge < -0.3 is 13.8 Å². The molecule has 0 amide bonds. The zero-order valence-electron chi connectivity index (χ0n) is 36.3. The van der Waals surface area contributed by atoms with Crippen LogP contribution in [0.1, 0.15) is 28.3 Å². The average molecular weight is 814 g/mol. The van der Waals surface area contributed by atoms with Gasteiger partial charge in [-0.15, -0.1) is 0 Å². The first kappa shape index (κ1) is 31.1. The number of ether oxygens (including phenoxy) is 1. The molecule has 1 aliphatic heterocycles. The third-order valence-corrected chi connectivity index (χ3v) is 16.5. The Morgan fingerprint density at radius 2 is 1.15 bits per heavy atom. The molecule has 4 aromatic heterocycles. The van der Waals surface area contributed by atoms with Gasteiger partial charge in [-0.3, -0.25) is 8.97 Å². The first-order chi connectivity index (χ1) is 31.8. The summed E-state index contributed by atoms with van der Waals surface area (Å²) in [5, 5.41) is 11.8. The van der Waals surface area contributed by atoms with Gasteiger partial charge in [-0.1, -0.05) is 144 Å². The van der Waals surface area contributed by atoms with Gasteiger partial charge in [0.25, 0.3) is 0 Å². The highest BCUT2D eigenvalue weighted by atomic mass is 28.3. The molecule has 12 rings (SSSR count). The van der Waals surface area contributed by atoms with Crippen molar-refractivity contribution in [3.8, 4) is 17.2 Å². The molecule has 0 N–H and O–H groups in total. The molecular formula is C50H35N7O3Si. The molecule has 0 atom stereocenters. The maximum atomic E-state index is 10.1. The van der Waals surface area contributed by atoms with E-state index in [1.807, 2.05) is 78.9 Å². The molecule has 0 saturated carbocycles. The van der Waals surface area contributed by atoms with Crippen molar-refractivity contribution in [3.63, 3.8) is 0 Å². The number of fused-ring (bicyclic) bond motifs is 7. The standard InChI is InChI=1S/C50H35N7O3Si/c1-3-16-35(17-4-1)61(36-18-5-2-6-19-36,37-20-13-15-34(29-37)56-42-25-10-11-26-43(42)57-41-24-9-8-23-40(41)53-49(56)57)45-28-14-22-39-48(45)60-44-27-12-7-21-38(44)50(39,30-46-51-32-58-54-46)31-47-52-33-59-55-47/h1-29,32-33H,30-31H2/i30D2,31D2. The molecule has 0 unspecified atom stereocenters. The lowest BCUT2D eigenvalue weighted by atomic mass is 9.67. The van der Waals surface area contributed by atoms with Crippen molar-refractivity contribution in [2.24, 2.45) is 0 Å². The van der Waals surface area contributed by atoms with Gasteiger partial charge in [-0.05, 0) is 63.2 Å². The lowest BCUT2D eigenvalue weighted by molar-refractivity contribution is 0.359. The fraction of sp³-hybridized carbons (Fsp3) is 0.0600. The number of benzene rings is 7. The molecule has 0 fully saturated rings. The fourth-order valence-electron chi connectivity index (χ4n) is 9.27. The molecule has 0 bridgehead atoms. The van der Waals surface area contributed by atoms with Crippen LogP contribution in [-0.4, -0.2) is 42.3 Å². The molecule has 0 saturated heterocycles. The van der Waals surface area contributed by atoms with Crippen LogP contribution < -0.4 is 25.5 Å². The highest BCUT2D eigenvalue weighted by Crippen LogP contribution is 2.51. The van der Waals surface area contributed by atoms with Gasteiger partial charge in [0.05, 0.1) is 22.1 Å². The number of para-hydroxylation sites is 6. The summed E-state index contributed by atoms with van der Waals surface area (Å²) in [6.45, 7) is 0. The van der Waals surface area contributed by atoms with Gasteiger partial charge >= 0.3 is 0 Å². The van der Waals surface area contributed by atoms with Gasteiger partial charge in [-0.2, -0.15) is 9.97 Å². The predicted octanol–water partition coefficient (Wildman–Crippen LogP) is 7.45. The summed E-state index contributed by atoms with van der Waals surface area (Å²) in [6, 6.07) is 58.2. The Kier molecular flexibility index (Phi) is 7.06. The molecule has 0 aliphatic carbocycles. The number of hydrogen-bond acceptors (Lipinski definition) is 8. The van der Waals surface area contributed by atoms with Gasteiger partial charge in [0.1, 0.15) is 11.5 Å². The number of hydrogen-bond donors (Lipinski definition) is 0. The number of imidazole rings is 2. The minimum atomic E-state index is -3.63.